The lowest BCUT2D eigenvalue weighted by atomic mass is 10.1. The third kappa shape index (κ3) is 4.68. The van der Waals surface area contributed by atoms with Crippen molar-refractivity contribution in [3.8, 4) is 5.75 Å². The maximum absolute atomic E-state index is 12.6. The van der Waals surface area contributed by atoms with E-state index in [0.29, 0.717) is 6.07 Å². The van der Waals surface area contributed by atoms with Crippen molar-refractivity contribution in [1.82, 2.24) is 4.98 Å². The predicted octanol–water partition coefficient (Wildman–Crippen LogP) is 3.23. The minimum Gasteiger partial charge on any atom is -0.481 e. The summed E-state index contributed by atoms with van der Waals surface area (Å²) in [6.07, 6.45) is -11.2. The second-order valence-corrected chi connectivity index (χ2v) is 4.42. The number of nitrogens with zero attached hydrogens (tertiary/aromatic N) is 1. The van der Waals surface area contributed by atoms with Gasteiger partial charge in [-0.2, -0.15) is 13.2 Å². The molecule has 11 heteroatoms. The molecule has 1 heterocycles. The fourth-order valence-corrected chi connectivity index (χ4v) is 1.76. The highest BCUT2D eigenvalue weighted by Gasteiger charge is 2.38. The molecular weight excluding hydrogens is 411 g/mol. The Hall–Kier alpha value is -1.27. The molecule has 0 spiro atoms. The molecule has 0 atom stereocenters. The van der Waals surface area contributed by atoms with Crippen molar-refractivity contribution < 1.29 is 41.0 Å². The molecule has 0 bridgehead atoms. The van der Waals surface area contributed by atoms with E-state index in [4.69, 9.17) is 5.11 Å². The van der Waals surface area contributed by atoms with Gasteiger partial charge in [-0.3, -0.25) is 4.79 Å². The molecule has 0 aliphatic rings. The lowest BCUT2D eigenvalue weighted by Crippen LogP contribution is -2.21. The summed E-state index contributed by atoms with van der Waals surface area (Å²) < 4.78 is 76.9. The van der Waals surface area contributed by atoms with Crippen LogP contribution in [0.1, 0.15) is 11.3 Å². The van der Waals surface area contributed by atoms with Gasteiger partial charge in [-0.1, -0.05) is 0 Å². The van der Waals surface area contributed by atoms with E-state index in [1.165, 1.54) is 0 Å². The molecule has 1 aromatic heterocycles. The maximum atomic E-state index is 12.6. The van der Waals surface area contributed by atoms with Crippen LogP contribution in [-0.4, -0.2) is 22.4 Å². The van der Waals surface area contributed by atoms with Crippen LogP contribution in [0.3, 0.4) is 0 Å². The van der Waals surface area contributed by atoms with Crippen molar-refractivity contribution in [3.05, 3.63) is 21.0 Å². The van der Waals surface area contributed by atoms with Crippen LogP contribution in [0.15, 0.2) is 6.07 Å². The van der Waals surface area contributed by atoms with Crippen molar-refractivity contribution in [1.29, 1.82) is 0 Å². The molecule has 0 unspecified atom stereocenters. The van der Waals surface area contributed by atoms with Crippen LogP contribution >= 0.6 is 22.6 Å². The first-order valence-corrected chi connectivity index (χ1v) is 5.72. The number of aliphatic carboxylic acids is 1. The Morgan fingerprint density at radius 2 is 1.85 bits per heavy atom. The summed E-state index contributed by atoms with van der Waals surface area (Å²) >= 11 is 1.13. The number of ether oxygens (including phenoxy) is 1. The Kier molecular flexibility index (Phi) is 4.71. The number of rotatable bonds is 3. The standard InChI is InChI=1S/C9H4F6INO3/c10-8(11,12)6-3(2-5(18)19)1-4(7(16)17-6)20-9(13,14)15/h1H,2H2,(H,18,19). The van der Waals surface area contributed by atoms with Crippen molar-refractivity contribution >= 4 is 28.6 Å². The highest BCUT2D eigenvalue weighted by atomic mass is 127. The van der Waals surface area contributed by atoms with Crippen LogP contribution in [0.2, 0.25) is 0 Å². The summed E-state index contributed by atoms with van der Waals surface area (Å²) in [5.74, 6) is -2.63. The zero-order valence-corrected chi connectivity index (χ0v) is 11.3. The SMILES string of the molecule is O=C(O)Cc1cc(OC(F)(F)F)c(I)nc1C(F)(F)F. The van der Waals surface area contributed by atoms with Gasteiger partial charge in [0, 0.05) is 0 Å². The molecule has 20 heavy (non-hydrogen) atoms. The first kappa shape index (κ1) is 16.8. The van der Waals surface area contributed by atoms with Gasteiger partial charge >= 0.3 is 18.5 Å². The van der Waals surface area contributed by atoms with Gasteiger partial charge in [-0.15, -0.1) is 13.2 Å². The number of alkyl halides is 6. The number of aromatic nitrogens is 1. The van der Waals surface area contributed by atoms with Gasteiger partial charge in [0.1, 0.15) is 9.39 Å². The van der Waals surface area contributed by atoms with E-state index in [1.807, 2.05) is 0 Å². The van der Waals surface area contributed by atoms with Crippen LogP contribution in [0.4, 0.5) is 26.3 Å². The number of halogens is 7. The van der Waals surface area contributed by atoms with E-state index in [2.05, 4.69) is 9.72 Å². The fraction of sp³-hybridized carbons (Fsp3) is 0.333. The van der Waals surface area contributed by atoms with Crippen molar-refractivity contribution in [2.75, 3.05) is 0 Å². The molecule has 0 radical (unpaired) electrons. The van der Waals surface area contributed by atoms with Gasteiger partial charge in [-0.25, -0.2) is 4.98 Å². The predicted molar refractivity (Wildman–Crippen MR) is 60.0 cm³/mol. The monoisotopic (exact) mass is 415 g/mol. The van der Waals surface area contributed by atoms with Gasteiger partial charge < -0.3 is 9.84 Å². The number of carboxylic acids is 1. The summed E-state index contributed by atoms with van der Waals surface area (Å²) in [5.41, 5.74) is -2.47. The second kappa shape index (κ2) is 5.61. The maximum Gasteiger partial charge on any atom is 0.573 e. The number of pyridine rings is 1. The molecule has 112 valence electrons. The van der Waals surface area contributed by atoms with Crippen molar-refractivity contribution in [2.45, 2.75) is 19.0 Å². The summed E-state index contributed by atoms with van der Waals surface area (Å²) in [5, 5.41) is 8.49. The normalized spacial score (nSPS) is 12.3. The molecule has 0 saturated heterocycles. The van der Waals surface area contributed by atoms with Gasteiger partial charge in [0.15, 0.2) is 5.75 Å². The van der Waals surface area contributed by atoms with Crippen LogP contribution in [0.25, 0.3) is 0 Å². The number of hydrogen-bond donors (Lipinski definition) is 1. The van der Waals surface area contributed by atoms with Crippen molar-refractivity contribution in [2.24, 2.45) is 0 Å². The molecule has 4 nitrogen and oxygen atoms in total. The van der Waals surface area contributed by atoms with Crippen molar-refractivity contribution in [3.63, 3.8) is 0 Å². The Labute approximate surface area is 120 Å². The Bertz CT molecular complexity index is 528. The number of carboxylic acid groups (broad SMARTS) is 1. The number of carbonyl (C=O) groups is 1. The van der Waals surface area contributed by atoms with Gasteiger partial charge in [-0.05, 0) is 34.2 Å². The molecule has 0 fully saturated rings. The minimum atomic E-state index is -5.12. The Morgan fingerprint density at radius 3 is 2.25 bits per heavy atom. The smallest absolute Gasteiger partial charge is 0.481 e. The van der Waals surface area contributed by atoms with Gasteiger partial charge in [0.25, 0.3) is 0 Å². The summed E-state index contributed by atoms with van der Waals surface area (Å²) in [7, 11) is 0. The molecule has 0 aliphatic carbocycles. The summed E-state index contributed by atoms with van der Waals surface area (Å²) in [4.78, 5) is 13.4. The Balaban J connectivity index is 3.35. The molecule has 1 N–H and O–H groups in total. The van der Waals surface area contributed by atoms with Crippen LogP contribution in [0, 0.1) is 3.70 Å². The molecule has 0 saturated carbocycles. The molecule has 0 aromatic carbocycles. The van der Waals surface area contributed by atoms with E-state index in [0.717, 1.165) is 22.6 Å². The average molecular weight is 415 g/mol. The van der Waals surface area contributed by atoms with E-state index < -0.39 is 45.6 Å². The van der Waals surface area contributed by atoms with E-state index in [9.17, 15) is 31.1 Å². The molecule has 0 amide bonds. The average Bonchev–Trinajstić information content (AvgIpc) is 2.17. The fourth-order valence-electron chi connectivity index (χ4n) is 1.25. The van der Waals surface area contributed by atoms with E-state index in [-0.39, 0.29) is 0 Å². The zero-order chi connectivity index (χ0) is 15.7. The quantitative estimate of drug-likeness (QED) is 0.468. The second-order valence-electron chi connectivity index (χ2n) is 3.40. The molecule has 1 aromatic rings. The largest absolute Gasteiger partial charge is 0.573 e. The Morgan fingerprint density at radius 1 is 1.30 bits per heavy atom. The summed E-state index contributed by atoms with van der Waals surface area (Å²) in [6, 6.07) is 0.374. The molecule has 1 rings (SSSR count). The lowest BCUT2D eigenvalue weighted by molar-refractivity contribution is -0.275. The third-order valence-corrected chi connectivity index (χ3v) is 2.63. The van der Waals surface area contributed by atoms with Gasteiger partial charge in [0.2, 0.25) is 0 Å². The van der Waals surface area contributed by atoms with E-state index in [1.54, 1.807) is 0 Å². The van der Waals surface area contributed by atoms with E-state index >= 15 is 0 Å². The first-order chi connectivity index (χ1) is 8.90. The molecule has 0 aliphatic heterocycles. The summed E-state index contributed by atoms with van der Waals surface area (Å²) in [6.45, 7) is 0. The highest BCUT2D eigenvalue weighted by Crippen LogP contribution is 2.35. The zero-order valence-electron chi connectivity index (χ0n) is 9.14. The first-order valence-electron chi connectivity index (χ1n) is 4.64. The third-order valence-electron chi connectivity index (χ3n) is 1.86. The topological polar surface area (TPSA) is 59.4 Å². The van der Waals surface area contributed by atoms with Gasteiger partial charge in [0.05, 0.1) is 6.42 Å². The van der Waals surface area contributed by atoms with Crippen LogP contribution in [-0.2, 0) is 17.4 Å². The lowest BCUT2D eigenvalue weighted by Gasteiger charge is -2.15. The highest BCUT2D eigenvalue weighted by molar-refractivity contribution is 14.1. The minimum absolute atomic E-state index is 0.374. The molecular formula is C9H4F6INO3. The van der Waals surface area contributed by atoms with Crippen LogP contribution in [0.5, 0.6) is 5.75 Å². The van der Waals surface area contributed by atoms with Crippen LogP contribution < -0.4 is 4.74 Å². The number of hydrogen-bond acceptors (Lipinski definition) is 3.